The van der Waals surface area contributed by atoms with Crippen LogP contribution in [-0.2, 0) is 0 Å². The molecule has 0 amide bonds. The summed E-state index contributed by atoms with van der Waals surface area (Å²) in [5.74, 6) is 2.86. The fraction of sp³-hybridized carbons (Fsp3) is 0.500. The molecule has 3 atom stereocenters. The number of phenolic OH excluding ortho intramolecular Hbond substituents is 1. The van der Waals surface area contributed by atoms with E-state index in [0.29, 0.717) is 0 Å². The molecule has 5 heteroatoms. The van der Waals surface area contributed by atoms with Crippen LogP contribution in [0.5, 0.6) is 11.5 Å². The minimum atomic E-state index is -0.440. The number of thiol groups is 1. The Bertz CT molecular complexity index is 693. The average Bonchev–Trinajstić information content (AvgIpc) is 3.33. The molecule has 1 aliphatic carbocycles. The van der Waals surface area contributed by atoms with Crippen LogP contribution < -0.4 is 4.74 Å². The van der Waals surface area contributed by atoms with Gasteiger partial charge in [-0.2, -0.15) is 0 Å². The van der Waals surface area contributed by atoms with Crippen molar-refractivity contribution in [2.75, 3.05) is 26.7 Å². The third-order valence-electron chi connectivity index (χ3n) is 5.58. The number of phenols is 1. The van der Waals surface area contributed by atoms with Crippen molar-refractivity contribution in [2.24, 2.45) is 11.8 Å². The minimum Gasteiger partial charge on any atom is -0.508 e. The van der Waals surface area contributed by atoms with E-state index in [-0.39, 0.29) is 5.75 Å². The summed E-state index contributed by atoms with van der Waals surface area (Å²) in [5.41, 5.74) is 0.893. The number of hydrogen-bond donors (Lipinski definition) is 3. The second kappa shape index (κ2) is 12.1. The molecule has 0 spiro atoms. The number of aliphatic hydroxyl groups excluding tert-OH is 1. The summed E-state index contributed by atoms with van der Waals surface area (Å²) in [6, 6.07) is 14.4. The molecule has 4 nitrogen and oxygen atoms in total. The van der Waals surface area contributed by atoms with E-state index >= 15 is 0 Å². The lowest BCUT2D eigenvalue weighted by atomic mass is 10.0. The second-order valence-corrected chi connectivity index (χ2v) is 7.99. The quantitative estimate of drug-likeness (QED) is 0.601. The maximum absolute atomic E-state index is 10.2. The highest BCUT2D eigenvalue weighted by atomic mass is 32.1. The summed E-state index contributed by atoms with van der Waals surface area (Å²) < 4.78 is 4.94. The average molecular weight is 418 g/mol. The van der Waals surface area contributed by atoms with E-state index in [1.807, 2.05) is 38.1 Å². The molecule has 2 fully saturated rings. The summed E-state index contributed by atoms with van der Waals surface area (Å²) in [7, 11) is 1.65. The number of fused-ring (bicyclic) bond motifs is 1. The van der Waals surface area contributed by atoms with Crippen molar-refractivity contribution >= 4 is 12.6 Å². The van der Waals surface area contributed by atoms with Crippen molar-refractivity contribution in [1.29, 1.82) is 0 Å². The molecule has 2 N–H and O–H groups in total. The number of hydrogen-bond acceptors (Lipinski definition) is 5. The molecular formula is C24H35NO3S. The lowest BCUT2D eigenvalue weighted by molar-refractivity contribution is 0.122. The van der Waals surface area contributed by atoms with Gasteiger partial charge in [-0.15, -0.1) is 12.6 Å². The Balaban J connectivity index is 0.000000231. The maximum Gasteiger partial charge on any atom is 0.118 e. The van der Waals surface area contributed by atoms with Crippen molar-refractivity contribution in [3.05, 3.63) is 54.1 Å². The van der Waals surface area contributed by atoms with Crippen LogP contribution in [0.3, 0.4) is 0 Å². The lowest BCUT2D eigenvalue weighted by Gasteiger charge is -2.21. The van der Waals surface area contributed by atoms with Gasteiger partial charge in [-0.3, -0.25) is 4.90 Å². The van der Waals surface area contributed by atoms with Crippen molar-refractivity contribution in [3.8, 4) is 11.5 Å². The van der Waals surface area contributed by atoms with Crippen LogP contribution in [-0.4, -0.2) is 41.9 Å². The van der Waals surface area contributed by atoms with Gasteiger partial charge in [0.2, 0.25) is 0 Å². The first-order valence-corrected chi connectivity index (χ1v) is 11.0. The third-order valence-corrected chi connectivity index (χ3v) is 5.88. The van der Waals surface area contributed by atoms with Gasteiger partial charge in [-0.05, 0) is 66.6 Å². The van der Waals surface area contributed by atoms with Gasteiger partial charge in [0.25, 0.3) is 0 Å². The van der Waals surface area contributed by atoms with Gasteiger partial charge >= 0.3 is 0 Å². The number of benzene rings is 2. The first-order valence-electron chi connectivity index (χ1n) is 10.6. The molecule has 1 heterocycles. The van der Waals surface area contributed by atoms with Gasteiger partial charge in [-0.25, -0.2) is 0 Å². The molecule has 2 aliphatic rings. The second-order valence-electron chi connectivity index (χ2n) is 7.47. The molecule has 2 aromatic rings. The van der Waals surface area contributed by atoms with Gasteiger partial charge < -0.3 is 14.9 Å². The van der Waals surface area contributed by atoms with Gasteiger partial charge in [0, 0.05) is 24.5 Å². The minimum absolute atomic E-state index is 0.252. The topological polar surface area (TPSA) is 52.9 Å². The Morgan fingerprint density at radius 1 is 1.00 bits per heavy atom. The van der Waals surface area contributed by atoms with Gasteiger partial charge in [0.1, 0.15) is 11.5 Å². The SMILES string of the molecule is CC.COc1ccc(S)cc1.Oc1ccc(C(O)CN2C[C@H]3CCC[C@H]3C2)cc1. The van der Waals surface area contributed by atoms with Crippen molar-refractivity contribution in [1.82, 2.24) is 4.90 Å². The molecule has 29 heavy (non-hydrogen) atoms. The van der Waals surface area contributed by atoms with E-state index in [0.717, 1.165) is 47.7 Å². The van der Waals surface area contributed by atoms with E-state index in [4.69, 9.17) is 4.74 Å². The fourth-order valence-electron chi connectivity index (χ4n) is 4.11. The van der Waals surface area contributed by atoms with Crippen LogP contribution >= 0.6 is 12.6 Å². The summed E-state index contributed by atoms with van der Waals surface area (Å²) in [4.78, 5) is 3.35. The summed E-state index contributed by atoms with van der Waals surface area (Å²) in [6.45, 7) is 7.03. The van der Waals surface area contributed by atoms with Crippen LogP contribution in [0.4, 0.5) is 0 Å². The molecule has 0 bridgehead atoms. The van der Waals surface area contributed by atoms with Crippen LogP contribution in [0.25, 0.3) is 0 Å². The summed E-state index contributed by atoms with van der Waals surface area (Å²) in [6.07, 6.45) is 3.70. The van der Waals surface area contributed by atoms with Crippen LogP contribution in [0.15, 0.2) is 53.4 Å². The Labute approximate surface area is 180 Å². The standard InChI is InChI=1S/C15H21NO2.C7H8OS.C2H6/c17-14-6-4-11(5-7-14)15(18)10-16-8-12-2-1-3-13(12)9-16;1-8-6-2-4-7(9)5-3-6;1-2/h4-7,12-13,15,17-18H,1-3,8-10H2;2-5,9H,1H3;1-2H3/t12-,13+,15?;;. The highest BCUT2D eigenvalue weighted by molar-refractivity contribution is 7.80. The Kier molecular flexibility index (Phi) is 9.85. The fourth-order valence-corrected chi connectivity index (χ4v) is 4.26. The van der Waals surface area contributed by atoms with Crippen molar-refractivity contribution in [3.63, 3.8) is 0 Å². The zero-order valence-electron chi connectivity index (χ0n) is 17.8. The van der Waals surface area contributed by atoms with Crippen LogP contribution in [0.2, 0.25) is 0 Å². The number of ether oxygens (including phenoxy) is 1. The maximum atomic E-state index is 10.2. The Morgan fingerprint density at radius 3 is 2.07 bits per heavy atom. The molecule has 2 aromatic carbocycles. The molecule has 0 radical (unpaired) electrons. The van der Waals surface area contributed by atoms with Crippen LogP contribution in [0, 0.1) is 11.8 Å². The van der Waals surface area contributed by atoms with Crippen molar-refractivity contribution < 1.29 is 14.9 Å². The lowest BCUT2D eigenvalue weighted by Crippen LogP contribution is -2.27. The normalized spacial score (nSPS) is 21.3. The predicted octanol–water partition coefficient (Wildman–Crippen LogP) is 5.17. The van der Waals surface area contributed by atoms with E-state index < -0.39 is 6.10 Å². The first kappa shape index (κ1) is 23.6. The van der Waals surface area contributed by atoms with E-state index in [2.05, 4.69) is 17.5 Å². The molecule has 1 saturated carbocycles. The molecular weight excluding hydrogens is 382 g/mol. The zero-order chi connectivity index (χ0) is 21.2. The number of rotatable bonds is 4. The molecule has 4 rings (SSSR count). The molecule has 1 unspecified atom stereocenters. The summed E-state index contributed by atoms with van der Waals surface area (Å²) in [5, 5.41) is 19.5. The predicted molar refractivity (Wildman–Crippen MR) is 122 cm³/mol. The highest BCUT2D eigenvalue weighted by Crippen LogP contribution is 2.38. The largest absolute Gasteiger partial charge is 0.508 e. The van der Waals surface area contributed by atoms with Gasteiger partial charge in [0.15, 0.2) is 0 Å². The number of aromatic hydroxyl groups is 1. The number of likely N-dealkylation sites (tertiary alicyclic amines) is 1. The Hall–Kier alpha value is -1.69. The zero-order valence-corrected chi connectivity index (χ0v) is 18.7. The number of methoxy groups -OCH3 is 1. The monoisotopic (exact) mass is 417 g/mol. The molecule has 0 aromatic heterocycles. The van der Waals surface area contributed by atoms with Gasteiger partial charge in [0.05, 0.1) is 13.2 Å². The van der Waals surface area contributed by atoms with E-state index in [1.165, 1.54) is 19.3 Å². The van der Waals surface area contributed by atoms with Crippen LogP contribution in [0.1, 0.15) is 44.8 Å². The van der Waals surface area contributed by atoms with E-state index in [1.54, 1.807) is 31.4 Å². The van der Waals surface area contributed by atoms with E-state index in [9.17, 15) is 10.2 Å². The Morgan fingerprint density at radius 2 is 1.55 bits per heavy atom. The van der Waals surface area contributed by atoms with Gasteiger partial charge in [-0.1, -0.05) is 32.4 Å². The highest BCUT2D eigenvalue weighted by Gasteiger charge is 2.36. The smallest absolute Gasteiger partial charge is 0.118 e. The third kappa shape index (κ3) is 7.25. The molecule has 1 aliphatic heterocycles. The number of aliphatic hydroxyl groups is 1. The summed E-state index contributed by atoms with van der Waals surface area (Å²) >= 11 is 4.11. The first-order chi connectivity index (χ1) is 14.0. The van der Waals surface area contributed by atoms with Crippen molar-refractivity contribution in [2.45, 2.75) is 44.1 Å². The number of β-amino-alcohol motifs (C(OH)–C–C–N with tert-alkyl or cyclic N) is 1. The number of nitrogens with zero attached hydrogens (tertiary/aromatic N) is 1. The molecule has 160 valence electrons. The molecule has 1 saturated heterocycles.